The van der Waals surface area contributed by atoms with Crippen LogP contribution in [-0.2, 0) is 9.47 Å². The van der Waals surface area contributed by atoms with Gasteiger partial charge in [-0.3, -0.25) is 5.32 Å². The van der Waals surface area contributed by atoms with Crippen LogP contribution in [0.5, 0.6) is 0 Å². The molecule has 2 heterocycles. The lowest BCUT2D eigenvalue weighted by Gasteiger charge is -2.29. The van der Waals surface area contributed by atoms with Crippen molar-refractivity contribution < 1.29 is 19.1 Å². The van der Waals surface area contributed by atoms with Crippen molar-refractivity contribution in [1.82, 2.24) is 9.88 Å². The summed E-state index contributed by atoms with van der Waals surface area (Å²) in [7, 11) is 0. The van der Waals surface area contributed by atoms with Crippen molar-refractivity contribution in [3.8, 4) is 0 Å². The molecule has 0 radical (unpaired) electrons. The van der Waals surface area contributed by atoms with Crippen LogP contribution < -0.4 is 5.32 Å². The van der Waals surface area contributed by atoms with E-state index in [1.807, 2.05) is 26.8 Å². The summed E-state index contributed by atoms with van der Waals surface area (Å²) in [6.07, 6.45) is 2.33. The maximum absolute atomic E-state index is 12.5. The molecule has 0 aromatic carbocycles. The Bertz CT molecular complexity index is 661. The van der Waals surface area contributed by atoms with E-state index in [0.29, 0.717) is 12.4 Å². The highest BCUT2D eigenvalue weighted by Gasteiger charge is 2.35. The van der Waals surface area contributed by atoms with Gasteiger partial charge in [-0.2, -0.15) is 0 Å². The number of hydrogen-bond donors (Lipinski definition) is 1. The van der Waals surface area contributed by atoms with Crippen LogP contribution in [0.1, 0.15) is 66.0 Å². The van der Waals surface area contributed by atoms with Gasteiger partial charge in [-0.25, -0.2) is 14.6 Å². The van der Waals surface area contributed by atoms with Crippen molar-refractivity contribution in [2.75, 3.05) is 11.9 Å². The SMILES string of the molecule is CC(C)(C)OC(=O)Nc1ncccc1[C@H]1CCCN1C(=O)OC(C)(C)C. The molecule has 7 heteroatoms. The molecule has 26 heavy (non-hydrogen) atoms. The summed E-state index contributed by atoms with van der Waals surface area (Å²) in [6, 6.07) is 3.47. The van der Waals surface area contributed by atoms with E-state index in [9.17, 15) is 9.59 Å². The van der Waals surface area contributed by atoms with Gasteiger partial charge in [0, 0.05) is 18.3 Å². The molecule has 1 aromatic rings. The van der Waals surface area contributed by atoms with E-state index in [4.69, 9.17) is 9.47 Å². The fourth-order valence-corrected chi connectivity index (χ4v) is 2.82. The number of anilines is 1. The van der Waals surface area contributed by atoms with E-state index in [-0.39, 0.29) is 12.1 Å². The number of nitrogens with zero attached hydrogens (tertiary/aromatic N) is 2. The van der Waals surface area contributed by atoms with Gasteiger partial charge in [0.25, 0.3) is 0 Å². The first-order valence-corrected chi connectivity index (χ1v) is 8.91. The van der Waals surface area contributed by atoms with Crippen molar-refractivity contribution in [2.45, 2.75) is 71.6 Å². The number of nitrogens with one attached hydrogen (secondary N) is 1. The average Bonchev–Trinajstić information content (AvgIpc) is 2.93. The van der Waals surface area contributed by atoms with Crippen LogP contribution in [0.3, 0.4) is 0 Å². The van der Waals surface area contributed by atoms with Crippen molar-refractivity contribution in [3.63, 3.8) is 0 Å². The number of rotatable bonds is 2. The summed E-state index contributed by atoms with van der Waals surface area (Å²) < 4.78 is 10.8. The van der Waals surface area contributed by atoms with E-state index < -0.39 is 17.3 Å². The minimum Gasteiger partial charge on any atom is -0.444 e. The molecule has 1 aromatic heterocycles. The summed E-state index contributed by atoms with van der Waals surface area (Å²) in [5, 5.41) is 2.70. The number of aromatic nitrogens is 1. The summed E-state index contributed by atoms with van der Waals surface area (Å²) in [6.45, 7) is 11.5. The van der Waals surface area contributed by atoms with E-state index in [2.05, 4.69) is 10.3 Å². The second kappa shape index (κ2) is 7.51. The van der Waals surface area contributed by atoms with Crippen molar-refractivity contribution in [1.29, 1.82) is 0 Å². The Kier molecular flexibility index (Phi) is 5.78. The lowest BCUT2D eigenvalue weighted by Crippen LogP contribution is -2.36. The first-order valence-electron chi connectivity index (χ1n) is 8.91. The second-order valence-electron chi connectivity index (χ2n) is 8.40. The molecular formula is C19H29N3O4. The van der Waals surface area contributed by atoms with Crippen LogP contribution in [0.15, 0.2) is 18.3 Å². The first-order chi connectivity index (χ1) is 12.0. The summed E-state index contributed by atoms with van der Waals surface area (Å²) in [5.41, 5.74) is -0.382. The van der Waals surface area contributed by atoms with Crippen LogP contribution in [0, 0.1) is 0 Å². The highest BCUT2D eigenvalue weighted by atomic mass is 16.6. The monoisotopic (exact) mass is 363 g/mol. The summed E-state index contributed by atoms with van der Waals surface area (Å²) >= 11 is 0. The zero-order valence-electron chi connectivity index (χ0n) is 16.5. The maximum Gasteiger partial charge on any atom is 0.413 e. The first kappa shape index (κ1) is 20.0. The molecule has 1 saturated heterocycles. The number of carbonyl (C=O) groups excluding carboxylic acids is 2. The van der Waals surface area contributed by atoms with Gasteiger partial charge in [0.1, 0.15) is 17.0 Å². The number of hydrogen-bond acceptors (Lipinski definition) is 5. The lowest BCUT2D eigenvalue weighted by atomic mass is 10.1. The van der Waals surface area contributed by atoms with Crippen LogP contribution in [-0.4, -0.2) is 39.8 Å². The Hall–Kier alpha value is -2.31. The second-order valence-corrected chi connectivity index (χ2v) is 8.40. The molecule has 1 aliphatic heterocycles. The number of amides is 2. The van der Waals surface area contributed by atoms with E-state index >= 15 is 0 Å². The predicted octanol–water partition coefficient (Wildman–Crippen LogP) is 4.50. The average molecular weight is 363 g/mol. The zero-order chi connectivity index (χ0) is 19.5. The fourth-order valence-electron chi connectivity index (χ4n) is 2.82. The molecule has 0 bridgehead atoms. The van der Waals surface area contributed by atoms with Crippen molar-refractivity contribution >= 4 is 18.0 Å². The Morgan fingerprint density at radius 3 is 2.42 bits per heavy atom. The Morgan fingerprint density at radius 2 is 1.81 bits per heavy atom. The predicted molar refractivity (Wildman–Crippen MR) is 99.0 cm³/mol. The van der Waals surface area contributed by atoms with Crippen LogP contribution in [0.4, 0.5) is 15.4 Å². The molecule has 1 aliphatic rings. The third-order valence-corrected chi connectivity index (χ3v) is 3.70. The van der Waals surface area contributed by atoms with E-state index in [1.54, 1.807) is 37.9 Å². The molecule has 0 unspecified atom stereocenters. The van der Waals surface area contributed by atoms with Gasteiger partial charge in [-0.15, -0.1) is 0 Å². The van der Waals surface area contributed by atoms with Gasteiger partial charge >= 0.3 is 12.2 Å². The minimum atomic E-state index is -0.602. The molecule has 2 amide bonds. The minimum absolute atomic E-state index is 0.191. The Labute approximate surface area is 155 Å². The van der Waals surface area contributed by atoms with Crippen LogP contribution in [0.2, 0.25) is 0 Å². The van der Waals surface area contributed by atoms with Gasteiger partial charge in [-0.05, 0) is 60.5 Å². The number of likely N-dealkylation sites (tertiary alicyclic amines) is 1. The zero-order valence-corrected chi connectivity index (χ0v) is 16.5. The molecule has 1 fully saturated rings. The van der Waals surface area contributed by atoms with Gasteiger partial charge in [0.2, 0.25) is 0 Å². The molecule has 0 saturated carbocycles. The van der Waals surface area contributed by atoms with Gasteiger partial charge in [0.05, 0.1) is 6.04 Å². The molecule has 0 spiro atoms. The number of carbonyl (C=O) groups is 2. The fraction of sp³-hybridized carbons (Fsp3) is 0.632. The number of pyridine rings is 1. The molecule has 2 rings (SSSR count). The molecule has 7 nitrogen and oxygen atoms in total. The largest absolute Gasteiger partial charge is 0.444 e. The van der Waals surface area contributed by atoms with Crippen LogP contribution in [0.25, 0.3) is 0 Å². The van der Waals surface area contributed by atoms with Gasteiger partial charge in [0.15, 0.2) is 0 Å². The van der Waals surface area contributed by atoms with Gasteiger partial charge < -0.3 is 14.4 Å². The quantitative estimate of drug-likeness (QED) is 0.836. The number of ether oxygens (including phenoxy) is 2. The maximum atomic E-state index is 12.5. The summed E-state index contributed by atoms with van der Waals surface area (Å²) in [5.74, 6) is 0.405. The highest BCUT2D eigenvalue weighted by molar-refractivity contribution is 5.84. The normalized spacial score (nSPS) is 17.8. The molecule has 144 valence electrons. The van der Waals surface area contributed by atoms with Crippen molar-refractivity contribution in [2.24, 2.45) is 0 Å². The Morgan fingerprint density at radius 1 is 1.15 bits per heavy atom. The topological polar surface area (TPSA) is 80.8 Å². The molecule has 0 aliphatic carbocycles. The standard InChI is InChI=1S/C19H29N3O4/c1-18(2,3)25-16(23)21-15-13(9-7-11-20-15)14-10-8-12-22(14)17(24)26-19(4,5)6/h7,9,11,14H,8,10,12H2,1-6H3,(H,20,21,23)/t14-/m1/s1. The van der Waals surface area contributed by atoms with Crippen molar-refractivity contribution in [3.05, 3.63) is 23.9 Å². The molecule has 1 atom stereocenters. The third kappa shape index (κ3) is 5.61. The highest BCUT2D eigenvalue weighted by Crippen LogP contribution is 2.36. The lowest BCUT2D eigenvalue weighted by molar-refractivity contribution is 0.0225. The summed E-state index contributed by atoms with van der Waals surface area (Å²) in [4.78, 5) is 30.6. The van der Waals surface area contributed by atoms with E-state index in [0.717, 1.165) is 18.4 Å². The Balaban J connectivity index is 2.20. The third-order valence-electron chi connectivity index (χ3n) is 3.70. The molecule has 1 N–H and O–H groups in total. The van der Waals surface area contributed by atoms with Gasteiger partial charge in [-0.1, -0.05) is 6.07 Å². The smallest absolute Gasteiger partial charge is 0.413 e. The van der Waals surface area contributed by atoms with E-state index in [1.165, 1.54) is 0 Å². The molecular weight excluding hydrogens is 334 g/mol. The van der Waals surface area contributed by atoms with Crippen LogP contribution >= 0.6 is 0 Å².